The highest BCUT2D eigenvalue weighted by atomic mass is 79.9. The van der Waals surface area contributed by atoms with E-state index in [4.69, 9.17) is 4.52 Å². The number of carbonyl (C=O) groups is 1. The van der Waals surface area contributed by atoms with Gasteiger partial charge in [-0.05, 0) is 55.1 Å². The van der Waals surface area contributed by atoms with Crippen LogP contribution in [0, 0.1) is 0 Å². The molecule has 0 atom stereocenters. The molecule has 4 aromatic rings. The third kappa shape index (κ3) is 4.86. The Morgan fingerprint density at radius 3 is 2.06 bits per heavy atom. The number of rotatable bonds is 6. The third-order valence-electron chi connectivity index (χ3n) is 4.77. The van der Waals surface area contributed by atoms with Gasteiger partial charge >= 0.3 is 11.8 Å². The summed E-state index contributed by atoms with van der Waals surface area (Å²) in [5.74, 6) is -0.284. The first-order valence-electron chi connectivity index (χ1n) is 9.43. The minimum Gasteiger partial charge on any atom is -0.506 e. The number of carbonyl (C=O) groups excluding carboxylic acids is 1. The molecule has 6 nitrogen and oxygen atoms in total. The van der Waals surface area contributed by atoms with Crippen molar-refractivity contribution in [3.8, 4) is 17.1 Å². The molecule has 0 bridgehead atoms. The summed E-state index contributed by atoms with van der Waals surface area (Å²) in [6, 6.07) is 23.3. The zero-order chi connectivity index (χ0) is 21.8. The van der Waals surface area contributed by atoms with Crippen LogP contribution in [0.4, 0.5) is 0 Å². The molecule has 31 heavy (non-hydrogen) atoms. The number of amides is 1. The second-order valence-electron chi connectivity index (χ2n) is 6.80. The van der Waals surface area contributed by atoms with Crippen molar-refractivity contribution in [2.75, 3.05) is 6.54 Å². The lowest BCUT2D eigenvalue weighted by atomic mass is 9.91. The van der Waals surface area contributed by atoms with Gasteiger partial charge in [0.25, 0.3) is 0 Å². The summed E-state index contributed by atoms with van der Waals surface area (Å²) in [4.78, 5) is 16.9. The maximum atomic E-state index is 12.7. The molecule has 0 unspecified atom stereocenters. The monoisotopic (exact) mass is 541 g/mol. The average molecular weight is 543 g/mol. The Kier molecular flexibility index (Phi) is 6.48. The van der Waals surface area contributed by atoms with Gasteiger partial charge in [-0.2, -0.15) is 4.98 Å². The Morgan fingerprint density at radius 2 is 1.52 bits per heavy atom. The van der Waals surface area contributed by atoms with Crippen molar-refractivity contribution >= 4 is 37.8 Å². The molecule has 1 aromatic heterocycles. The SMILES string of the molecule is O=C(NCC(c1ccccc1)c1ccccc1)c1nc(-c2cc(Br)c(O)c(Br)c2)no1. The first-order chi connectivity index (χ1) is 15.0. The van der Waals surface area contributed by atoms with Crippen LogP contribution in [-0.2, 0) is 0 Å². The number of benzene rings is 3. The van der Waals surface area contributed by atoms with Gasteiger partial charge in [0.15, 0.2) is 0 Å². The summed E-state index contributed by atoms with van der Waals surface area (Å²) in [5, 5.41) is 16.7. The molecule has 1 amide bonds. The predicted molar refractivity (Wildman–Crippen MR) is 124 cm³/mol. The summed E-state index contributed by atoms with van der Waals surface area (Å²) in [7, 11) is 0. The molecule has 1 heterocycles. The molecule has 4 rings (SSSR count). The van der Waals surface area contributed by atoms with Gasteiger partial charge in [-0.3, -0.25) is 4.79 Å². The summed E-state index contributed by atoms with van der Waals surface area (Å²) in [6.45, 7) is 0.376. The van der Waals surface area contributed by atoms with Crippen molar-refractivity contribution in [1.29, 1.82) is 0 Å². The van der Waals surface area contributed by atoms with E-state index in [1.807, 2.05) is 60.7 Å². The van der Waals surface area contributed by atoms with Crippen LogP contribution >= 0.6 is 31.9 Å². The fourth-order valence-corrected chi connectivity index (χ4v) is 4.38. The zero-order valence-corrected chi connectivity index (χ0v) is 19.3. The highest BCUT2D eigenvalue weighted by molar-refractivity contribution is 9.11. The van der Waals surface area contributed by atoms with Crippen LogP contribution in [0.1, 0.15) is 27.7 Å². The first kappa shape index (κ1) is 21.3. The van der Waals surface area contributed by atoms with Gasteiger partial charge in [0, 0.05) is 18.0 Å². The van der Waals surface area contributed by atoms with E-state index in [2.05, 4.69) is 47.3 Å². The van der Waals surface area contributed by atoms with Crippen LogP contribution in [0.3, 0.4) is 0 Å². The first-order valence-corrected chi connectivity index (χ1v) is 11.0. The van der Waals surface area contributed by atoms with Crippen LogP contribution in [-0.4, -0.2) is 27.7 Å². The van der Waals surface area contributed by atoms with Gasteiger partial charge in [0.1, 0.15) is 5.75 Å². The van der Waals surface area contributed by atoms with E-state index in [0.29, 0.717) is 21.1 Å². The summed E-state index contributed by atoms with van der Waals surface area (Å²) in [6.07, 6.45) is 0. The number of halogens is 2. The molecule has 3 aromatic carbocycles. The van der Waals surface area contributed by atoms with E-state index in [1.165, 1.54) is 0 Å². The number of nitrogens with one attached hydrogen (secondary N) is 1. The van der Waals surface area contributed by atoms with Gasteiger partial charge in [0.2, 0.25) is 5.82 Å². The maximum absolute atomic E-state index is 12.7. The summed E-state index contributed by atoms with van der Waals surface area (Å²) in [5.41, 5.74) is 2.78. The molecule has 8 heteroatoms. The van der Waals surface area contributed by atoms with E-state index >= 15 is 0 Å². The van der Waals surface area contributed by atoms with Crippen LogP contribution in [0.2, 0.25) is 0 Å². The van der Waals surface area contributed by atoms with Gasteiger partial charge in [-0.1, -0.05) is 65.8 Å². The Morgan fingerprint density at radius 1 is 0.968 bits per heavy atom. The van der Waals surface area contributed by atoms with Crippen molar-refractivity contribution in [2.24, 2.45) is 0 Å². The van der Waals surface area contributed by atoms with E-state index in [1.54, 1.807) is 12.1 Å². The van der Waals surface area contributed by atoms with Crippen LogP contribution in [0.25, 0.3) is 11.4 Å². The fraction of sp³-hybridized carbons (Fsp3) is 0.0870. The smallest absolute Gasteiger partial charge is 0.316 e. The molecule has 2 N–H and O–H groups in total. The van der Waals surface area contributed by atoms with Crippen LogP contribution < -0.4 is 5.32 Å². The molecule has 0 saturated heterocycles. The Labute approximate surface area is 195 Å². The predicted octanol–water partition coefficient (Wildman–Crippen LogP) is 5.53. The molecule has 0 fully saturated rings. The standard InChI is InChI=1S/C23H17Br2N3O3/c24-18-11-16(12-19(25)20(18)29)21-27-23(31-28-21)22(30)26-13-17(14-7-3-1-4-8-14)15-9-5-2-6-10-15/h1-12,17,29H,13H2,(H,26,30). The number of phenols is 1. The molecular formula is C23H17Br2N3O3. The normalized spacial score (nSPS) is 10.9. The molecule has 156 valence electrons. The molecule has 0 radical (unpaired) electrons. The third-order valence-corrected chi connectivity index (χ3v) is 5.97. The number of hydrogen-bond acceptors (Lipinski definition) is 5. The zero-order valence-electron chi connectivity index (χ0n) is 16.1. The lowest BCUT2D eigenvalue weighted by Gasteiger charge is -2.18. The molecule has 0 aliphatic heterocycles. The average Bonchev–Trinajstić information content (AvgIpc) is 3.29. The van der Waals surface area contributed by atoms with E-state index < -0.39 is 5.91 Å². The van der Waals surface area contributed by atoms with E-state index in [0.717, 1.165) is 11.1 Å². The second-order valence-corrected chi connectivity index (χ2v) is 8.50. The van der Waals surface area contributed by atoms with Gasteiger partial charge in [-0.25, -0.2) is 0 Å². The summed E-state index contributed by atoms with van der Waals surface area (Å²) >= 11 is 6.54. The minimum atomic E-state index is -0.451. The number of aromatic nitrogens is 2. The number of aromatic hydroxyl groups is 1. The molecule has 0 saturated carbocycles. The second kappa shape index (κ2) is 9.45. The lowest BCUT2D eigenvalue weighted by Crippen LogP contribution is -2.29. The highest BCUT2D eigenvalue weighted by Gasteiger charge is 2.20. The van der Waals surface area contributed by atoms with E-state index in [9.17, 15) is 9.90 Å². The van der Waals surface area contributed by atoms with Crippen molar-refractivity contribution in [2.45, 2.75) is 5.92 Å². The van der Waals surface area contributed by atoms with Gasteiger partial charge < -0.3 is 14.9 Å². The van der Waals surface area contributed by atoms with Crippen molar-refractivity contribution < 1.29 is 14.4 Å². The fourth-order valence-electron chi connectivity index (χ4n) is 3.20. The number of hydrogen-bond donors (Lipinski definition) is 2. The Bertz CT molecular complexity index is 1130. The molecular weight excluding hydrogens is 526 g/mol. The maximum Gasteiger partial charge on any atom is 0.316 e. The lowest BCUT2D eigenvalue weighted by molar-refractivity contribution is 0.0908. The summed E-state index contributed by atoms with van der Waals surface area (Å²) < 4.78 is 6.12. The van der Waals surface area contributed by atoms with Crippen molar-refractivity contribution in [3.63, 3.8) is 0 Å². The Hall–Kier alpha value is -2.97. The van der Waals surface area contributed by atoms with E-state index in [-0.39, 0.29) is 23.4 Å². The molecule has 0 aliphatic carbocycles. The Balaban J connectivity index is 1.52. The molecule has 0 aliphatic rings. The number of nitrogens with zero attached hydrogens (tertiary/aromatic N) is 2. The van der Waals surface area contributed by atoms with Gasteiger partial charge in [-0.15, -0.1) is 0 Å². The van der Waals surface area contributed by atoms with Crippen molar-refractivity contribution in [1.82, 2.24) is 15.5 Å². The van der Waals surface area contributed by atoms with Crippen LogP contribution in [0.15, 0.2) is 86.3 Å². The van der Waals surface area contributed by atoms with Crippen molar-refractivity contribution in [3.05, 3.63) is 98.8 Å². The minimum absolute atomic E-state index is 0.0160. The topological polar surface area (TPSA) is 88.2 Å². The van der Waals surface area contributed by atoms with Gasteiger partial charge in [0.05, 0.1) is 8.95 Å². The molecule has 0 spiro atoms. The number of phenolic OH excluding ortho intramolecular Hbond substituents is 1. The largest absolute Gasteiger partial charge is 0.506 e. The van der Waals surface area contributed by atoms with Crippen LogP contribution in [0.5, 0.6) is 5.75 Å². The highest BCUT2D eigenvalue weighted by Crippen LogP contribution is 2.36. The quantitative estimate of drug-likeness (QED) is 0.334.